The molecule has 0 radical (unpaired) electrons. The van der Waals surface area contributed by atoms with Gasteiger partial charge in [0.05, 0.1) is 10.2 Å². The minimum Gasteiger partial charge on any atom is -0.328 e. The molecule has 0 atom stereocenters. The molecular weight excluding hydrogens is 328 g/mol. The Hall–Kier alpha value is -2.92. The van der Waals surface area contributed by atoms with Crippen molar-refractivity contribution in [1.29, 1.82) is 0 Å². The number of aromatic nitrogens is 2. The van der Waals surface area contributed by atoms with E-state index in [0.29, 0.717) is 5.95 Å². The molecule has 0 bridgehead atoms. The van der Waals surface area contributed by atoms with Crippen LogP contribution in [0.4, 0.5) is 23.1 Å². The summed E-state index contributed by atoms with van der Waals surface area (Å²) in [7, 11) is 2.04. The molecule has 0 saturated carbocycles. The highest BCUT2D eigenvalue weighted by Gasteiger charge is 2.14. The Morgan fingerprint density at radius 2 is 1.68 bits per heavy atom. The standard InChI is InChI=1S/C20H18N4S/c1-14-8-6-7-11-16(14)21-20-22-17-12-13-25-18(17)19(23-20)24(2)15-9-4-3-5-10-15/h3-13H,1-2H3,(H,21,22,23). The summed E-state index contributed by atoms with van der Waals surface area (Å²) < 4.78 is 1.08. The summed E-state index contributed by atoms with van der Waals surface area (Å²) in [6.07, 6.45) is 0. The molecule has 2 aromatic heterocycles. The van der Waals surface area contributed by atoms with Crippen LogP contribution in [-0.4, -0.2) is 17.0 Å². The summed E-state index contributed by atoms with van der Waals surface area (Å²) in [5.74, 6) is 1.51. The van der Waals surface area contributed by atoms with E-state index in [4.69, 9.17) is 4.98 Å². The zero-order valence-electron chi connectivity index (χ0n) is 14.1. The Morgan fingerprint density at radius 1 is 0.920 bits per heavy atom. The second-order valence-electron chi connectivity index (χ2n) is 5.84. The highest BCUT2D eigenvalue weighted by atomic mass is 32.1. The van der Waals surface area contributed by atoms with Crippen LogP contribution in [0, 0.1) is 6.92 Å². The van der Waals surface area contributed by atoms with Gasteiger partial charge in [-0.2, -0.15) is 4.98 Å². The van der Waals surface area contributed by atoms with Gasteiger partial charge in [0, 0.05) is 18.4 Å². The van der Waals surface area contributed by atoms with Crippen LogP contribution in [0.15, 0.2) is 66.0 Å². The van der Waals surface area contributed by atoms with Crippen LogP contribution in [0.5, 0.6) is 0 Å². The van der Waals surface area contributed by atoms with E-state index >= 15 is 0 Å². The molecule has 0 aliphatic heterocycles. The molecule has 1 N–H and O–H groups in total. The van der Waals surface area contributed by atoms with Gasteiger partial charge in [-0.25, -0.2) is 4.98 Å². The average Bonchev–Trinajstić information content (AvgIpc) is 3.12. The first kappa shape index (κ1) is 15.6. The molecule has 0 saturated heterocycles. The smallest absolute Gasteiger partial charge is 0.229 e. The number of rotatable bonds is 4. The maximum atomic E-state index is 4.80. The summed E-state index contributed by atoms with van der Waals surface area (Å²) in [6, 6.07) is 20.4. The van der Waals surface area contributed by atoms with Crippen molar-refractivity contribution in [3.8, 4) is 0 Å². The first-order valence-corrected chi connectivity index (χ1v) is 8.97. The number of benzene rings is 2. The predicted octanol–water partition coefficient (Wildman–Crippen LogP) is 5.51. The van der Waals surface area contributed by atoms with Crippen molar-refractivity contribution in [1.82, 2.24) is 9.97 Å². The molecule has 0 fully saturated rings. The van der Waals surface area contributed by atoms with E-state index in [1.54, 1.807) is 11.3 Å². The summed E-state index contributed by atoms with van der Waals surface area (Å²) in [4.78, 5) is 11.6. The number of hydrogen-bond acceptors (Lipinski definition) is 5. The fourth-order valence-electron chi connectivity index (χ4n) is 2.74. The molecule has 0 aliphatic rings. The molecule has 4 rings (SSSR count). The Kier molecular flexibility index (Phi) is 4.07. The van der Waals surface area contributed by atoms with Crippen molar-refractivity contribution in [2.24, 2.45) is 0 Å². The second-order valence-corrected chi connectivity index (χ2v) is 6.76. The minimum absolute atomic E-state index is 0.609. The number of hydrogen-bond donors (Lipinski definition) is 1. The molecule has 124 valence electrons. The van der Waals surface area contributed by atoms with Crippen molar-refractivity contribution in [3.05, 3.63) is 71.6 Å². The fraction of sp³-hybridized carbons (Fsp3) is 0.100. The van der Waals surface area contributed by atoms with Crippen LogP contribution in [-0.2, 0) is 0 Å². The monoisotopic (exact) mass is 346 g/mol. The van der Waals surface area contributed by atoms with Gasteiger partial charge in [0.15, 0.2) is 5.82 Å². The number of fused-ring (bicyclic) bond motifs is 1. The third kappa shape index (κ3) is 3.06. The number of anilines is 4. The lowest BCUT2D eigenvalue weighted by atomic mass is 10.2. The zero-order valence-corrected chi connectivity index (χ0v) is 14.9. The summed E-state index contributed by atoms with van der Waals surface area (Å²) >= 11 is 1.66. The summed E-state index contributed by atoms with van der Waals surface area (Å²) in [6.45, 7) is 2.07. The molecule has 0 spiro atoms. The van der Waals surface area contributed by atoms with Crippen LogP contribution in [0.25, 0.3) is 10.2 Å². The molecule has 25 heavy (non-hydrogen) atoms. The molecule has 5 heteroatoms. The first-order valence-electron chi connectivity index (χ1n) is 8.09. The predicted molar refractivity (Wildman–Crippen MR) is 106 cm³/mol. The largest absolute Gasteiger partial charge is 0.328 e. The Labute approximate surface area is 150 Å². The molecule has 2 aromatic carbocycles. The van der Waals surface area contributed by atoms with Crippen LogP contribution in [0.2, 0.25) is 0 Å². The van der Waals surface area contributed by atoms with E-state index in [0.717, 1.165) is 33.0 Å². The Balaban J connectivity index is 1.79. The lowest BCUT2D eigenvalue weighted by Gasteiger charge is -2.20. The van der Waals surface area contributed by atoms with Gasteiger partial charge in [-0.15, -0.1) is 11.3 Å². The van der Waals surface area contributed by atoms with E-state index in [1.807, 2.05) is 49.5 Å². The molecule has 2 heterocycles. The van der Waals surface area contributed by atoms with E-state index < -0.39 is 0 Å². The number of aryl methyl sites for hydroxylation is 1. The van der Waals surface area contributed by atoms with E-state index in [-0.39, 0.29) is 0 Å². The van der Waals surface area contributed by atoms with Crippen LogP contribution >= 0.6 is 11.3 Å². The minimum atomic E-state index is 0.609. The lowest BCUT2D eigenvalue weighted by Crippen LogP contribution is -2.12. The average molecular weight is 346 g/mol. The third-order valence-corrected chi connectivity index (χ3v) is 5.04. The van der Waals surface area contributed by atoms with Crippen molar-refractivity contribution in [2.45, 2.75) is 6.92 Å². The van der Waals surface area contributed by atoms with E-state index in [1.165, 1.54) is 0 Å². The van der Waals surface area contributed by atoms with Gasteiger partial charge in [0.25, 0.3) is 0 Å². The third-order valence-electron chi connectivity index (χ3n) is 4.14. The van der Waals surface area contributed by atoms with Gasteiger partial charge in [-0.3, -0.25) is 0 Å². The molecule has 0 aliphatic carbocycles. The van der Waals surface area contributed by atoms with Crippen LogP contribution < -0.4 is 10.2 Å². The highest BCUT2D eigenvalue weighted by molar-refractivity contribution is 7.17. The number of nitrogens with one attached hydrogen (secondary N) is 1. The maximum Gasteiger partial charge on any atom is 0.229 e. The molecule has 4 nitrogen and oxygen atoms in total. The van der Waals surface area contributed by atoms with Crippen LogP contribution in [0.1, 0.15) is 5.56 Å². The van der Waals surface area contributed by atoms with E-state index in [9.17, 15) is 0 Å². The SMILES string of the molecule is Cc1ccccc1Nc1nc(N(C)c2ccccc2)c2sccc2n1. The second kappa shape index (κ2) is 6.53. The molecule has 4 aromatic rings. The first-order chi connectivity index (χ1) is 12.2. The molecule has 0 amide bonds. The van der Waals surface area contributed by atoms with Gasteiger partial charge in [-0.05, 0) is 42.1 Å². The number of nitrogens with zero attached hydrogens (tertiary/aromatic N) is 3. The van der Waals surface area contributed by atoms with Crippen molar-refractivity contribution < 1.29 is 0 Å². The van der Waals surface area contributed by atoms with Gasteiger partial charge in [0.1, 0.15) is 0 Å². The quantitative estimate of drug-likeness (QED) is 0.529. The highest BCUT2D eigenvalue weighted by Crippen LogP contribution is 2.33. The van der Waals surface area contributed by atoms with Gasteiger partial charge in [-0.1, -0.05) is 36.4 Å². The van der Waals surface area contributed by atoms with E-state index in [2.05, 4.69) is 45.7 Å². The summed E-state index contributed by atoms with van der Waals surface area (Å²) in [5, 5.41) is 5.41. The van der Waals surface area contributed by atoms with Gasteiger partial charge < -0.3 is 10.2 Å². The fourth-order valence-corrected chi connectivity index (χ4v) is 3.59. The Bertz CT molecular complexity index is 1010. The Morgan fingerprint density at radius 3 is 2.48 bits per heavy atom. The van der Waals surface area contributed by atoms with Crippen molar-refractivity contribution >= 4 is 44.7 Å². The normalized spacial score (nSPS) is 10.8. The van der Waals surface area contributed by atoms with Crippen molar-refractivity contribution in [3.63, 3.8) is 0 Å². The van der Waals surface area contributed by atoms with Crippen LogP contribution in [0.3, 0.4) is 0 Å². The zero-order chi connectivity index (χ0) is 17.2. The maximum absolute atomic E-state index is 4.80. The van der Waals surface area contributed by atoms with Gasteiger partial charge >= 0.3 is 0 Å². The van der Waals surface area contributed by atoms with Gasteiger partial charge in [0.2, 0.25) is 5.95 Å². The lowest BCUT2D eigenvalue weighted by molar-refractivity contribution is 1.12. The number of para-hydroxylation sites is 2. The molecular formula is C20H18N4S. The topological polar surface area (TPSA) is 41.1 Å². The number of thiophene rings is 1. The van der Waals surface area contributed by atoms with Crippen molar-refractivity contribution in [2.75, 3.05) is 17.3 Å². The summed E-state index contributed by atoms with van der Waals surface area (Å²) in [5.41, 5.74) is 4.23. The molecule has 0 unspecified atom stereocenters.